The van der Waals surface area contributed by atoms with Crippen LogP contribution in [0.4, 0.5) is 34.6 Å². The van der Waals surface area contributed by atoms with Gasteiger partial charge in [0.15, 0.2) is 11.6 Å². The predicted octanol–water partition coefficient (Wildman–Crippen LogP) is 5.05. The SMILES string of the molecule is NC1CCC(Nc2nc(Nc3ccc(C(=O)N4CCCCC4)cc3)c3c(n2)N(c2ccccc2)CN3)CC1. The molecule has 2 fully saturated rings. The standard InChI is InChI=1S/C29H36N8O/c30-21-11-15-23(16-12-21)33-29-34-26(25-27(35-29)37(19-31-25)24-7-3-1-4-8-24)32-22-13-9-20(10-14-22)28(38)36-17-5-2-6-18-36/h1,3-4,7-10,13-14,21,23,31H,2,5-6,11-12,15-19,30H2,(H2,32,33,34,35). The van der Waals surface area contributed by atoms with Crippen molar-refractivity contribution in [1.82, 2.24) is 14.9 Å². The minimum atomic E-state index is 0.109. The van der Waals surface area contributed by atoms with Crippen LogP contribution in [-0.2, 0) is 0 Å². The average Bonchev–Trinajstić information content (AvgIpc) is 3.40. The number of nitrogens with one attached hydrogen (secondary N) is 3. The highest BCUT2D eigenvalue weighted by Crippen LogP contribution is 2.41. The number of piperidine rings is 1. The zero-order valence-electron chi connectivity index (χ0n) is 21.7. The Kier molecular flexibility index (Phi) is 7.00. The molecule has 1 amide bonds. The van der Waals surface area contributed by atoms with Gasteiger partial charge in [-0.1, -0.05) is 18.2 Å². The van der Waals surface area contributed by atoms with Gasteiger partial charge in [0.1, 0.15) is 5.69 Å². The molecule has 3 aliphatic rings. The Hall–Kier alpha value is -3.85. The van der Waals surface area contributed by atoms with E-state index in [-0.39, 0.29) is 11.9 Å². The van der Waals surface area contributed by atoms with Crippen molar-refractivity contribution in [3.05, 3.63) is 60.2 Å². The minimum absolute atomic E-state index is 0.109. The van der Waals surface area contributed by atoms with Crippen LogP contribution in [0.2, 0.25) is 0 Å². The summed E-state index contributed by atoms with van der Waals surface area (Å²) in [4.78, 5) is 26.8. The van der Waals surface area contributed by atoms with Crippen LogP contribution in [0.5, 0.6) is 0 Å². The largest absolute Gasteiger partial charge is 0.361 e. The maximum absolute atomic E-state index is 12.9. The van der Waals surface area contributed by atoms with E-state index >= 15 is 0 Å². The second-order valence-electron chi connectivity index (χ2n) is 10.5. The Morgan fingerprint density at radius 1 is 0.921 bits per heavy atom. The Morgan fingerprint density at radius 2 is 1.66 bits per heavy atom. The van der Waals surface area contributed by atoms with Crippen molar-refractivity contribution in [3.63, 3.8) is 0 Å². The molecule has 1 saturated heterocycles. The number of fused-ring (bicyclic) bond motifs is 1. The summed E-state index contributed by atoms with van der Waals surface area (Å²) in [5.74, 6) is 2.26. The quantitative estimate of drug-likeness (QED) is 0.363. The third kappa shape index (κ3) is 5.24. The summed E-state index contributed by atoms with van der Waals surface area (Å²) in [6.45, 7) is 2.30. The van der Waals surface area contributed by atoms with E-state index in [0.29, 0.717) is 24.5 Å². The molecule has 3 heterocycles. The lowest BCUT2D eigenvalue weighted by Crippen LogP contribution is -2.35. The molecule has 3 aromatic rings. The number of hydrogen-bond acceptors (Lipinski definition) is 8. The van der Waals surface area contributed by atoms with Crippen molar-refractivity contribution >= 4 is 40.6 Å². The second kappa shape index (κ2) is 10.9. The van der Waals surface area contributed by atoms with Crippen molar-refractivity contribution in [2.45, 2.75) is 57.0 Å². The molecular formula is C29H36N8O. The van der Waals surface area contributed by atoms with Gasteiger partial charge >= 0.3 is 0 Å². The van der Waals surface area contributed by atoms with Crippen LogP contribution in [0, 0.1) is 0 Å². The van der Waals surface area contributed by atoms with Crippen LogP contribution >= 0.6 is 0 Å². The maximum atomic E-state index is 12.9. The smallest absolute Gasteiger partial charge is 0.253 e. The third-order valence-electron chi connectivity index (χ3n) is 7.77. The lowest BCUT2D eigenvalue weighted by Gasteiger charge is -2.27. The van der Waals surface area contributed by atoms with E-state index in [2.05, 4.69) is 33.0 Å². The number of carbonyl (C=O) groups is 1. The summed E-state index contributed by atoms with van der Waals surface area (Å²) in [6.07, 6.45) is 7.41. The summed E-state index contributed by atoms with van der Waals surface area (Å²) in [7, 11) is 0. The number of rotatable bonds is 6. The predicted molar refractivity (Wildman–Crippen MR) is 152 cm³/mol. The lowest BCUT2D eigenvalue weighted by atomic mass is 9.92. The van der Waals surface area contributed by atoms with Gasteiger partial charge in [-0.2, -0.15) is 9.97 Å². The number of aromatic nitrogens is 2. The van der Waals surface area contributed by atoms with Gasteiger partial charge in [0, 0.05) is 42.1 Å². The molecule has 2 aromatic carbocycles. The summed E-state index contributed by atoms with van der Waals surface area (Å²) in [6, 6.07) is 18.5. The fraction of sp³-hybridized carbons (Fsp3) is 0.414. The Morgan fingerprint density at radius 3 is 2.39 bits per heavy atom. The minimum Gasteiger partial charge on any atom is -0.361 e. The summed E-state index contributed by atoms with van der Waals surface area (Å²) in [5.41, 5.74) is 9.64. The summed E-state index contributed by atoms with van der Waals surface area (Å²) < 4.78 is 0. The Labute approximate surface area is 223 Å². The van der Waals surface area contributed by atoms with Gasteiger partial charge in [0.2, 0.25) is 5.95 Å². The van der Waals surface area contributed by atoms with Crippen LogP contribution in [0.25, 0.3) is 0 Å². The van der Waals surface area contributed by atoms with Crippen LogP contribution in [-0.4, -0.2) is 52.6 Å². The number of hydrogen-bond donors (Lipinski definition) is 4. The molecule has 0 atom stereocenters. The van der Waals surface area contributed by atoms with E-state index in [1.807, 2.05) is 47.4 Å². The van der Waals surface area contributed by atoms with E-state index in [4.69, 9.17) is 15.7 Å². The van der Waals surface area contributed by atoms with Crippen LogP contribution in [0.15, 0.2) is 54.6 Å². The number of nitrogens with two attached hydrogens (primary N) is 1. The van der Waals surface area contributed by atoms with E-state index < -0.39 is 0 Å². The Bertz CT molecular complexity index is 1250. The number of carbonyl (C=O) groups excluding carboxylic acids is 1. The van der Waals surface area contributed by atoms with E-state index in [0.717, 1.165) is 80.1 Å². The van der Waals surface area contributed by atoms with Crippen LogP contribution in [0.1, 0.15) is 55.3 Å². The average molecular weight is 513 g/mol. The number of amides is 1. The van der Waals surface area contributed by atoms with E-state index in [1.54, 1.807) is 0 Å². The van der Waals surface area contributed by atoms with Crippen molar-refractivity contribution in [2.24, 2.45) is 5.73 Å². The third-order valence-corrected chi connectivity index (χ3v) is 7.77. The van der Waals surface area contributed by atoms with Crippen LogP contribution in [0.3, 0.4) is 0 Å². The monoisotopic (exact) mass is 512 g/mol. The molecule has 1 aliphatic carbocycles. The first-order chi connectivity index (χ1) is 18.6. The van der Waals surface area contributed by atoms with Gasteiger partial charge in [-0.25, -0.2) is 0 Å². The molecule has 1 aromatic heterocycles. The number of anilines is 6. The molecule has 9 nitrogen and oxygen atoms in total. The van der Waals surface area contributed by atoms with Gasteiger partial charge in [-0.3, -0.25) is 4.79 Å². The van der Waals surface area contributed by atoms with Gasteiger partial charge in [-0.15, -0.1) is 0 Å². The first-order valence-electron chi connectivity index (χ1n) is 13.8. The van der Waals surface area contributed by atoms with Gasteiger partial charge in [-0.05, 0) is 81.3 Å². The molecule has 0 unspecified atom stereocenters. The lowest BCUT2D eigenvalue weighted by molar-refractivity contribution is 0.0724. The van der Waals surface area contributed by atoms with Crippen molar-refractivity contribution in [3.8, 4) is 0 Å². The molecule has 9 heteroatoms. The molecule has 198 valence electrons. The molecule has 5 N–H and O–H groups in total. The number of nitrogens with zero attached hydrogens (tertiary/aromatic N) is 4. The maximum Gasteiger partial charge on any atom is 0.253 e. The van der Waals surface area contributed by atoms with E-state index in [1.165, 1.54) is 6.42 Å². The molecule has 2 aliphatic heterocycles. The first-order valence-corrected chi connectivity index (χ1v) is 13.8. The number of benzene rings is 2. The van der Waals surface area contributed by atoms with E-state index in [9.17, 15) is 4.79 Å². The van der Waals surface area contributed by atoms with Crippen molar-refractivity contribution in [1.29, 1.82) is 0 Å². The number of para-hydroxylation sites is 1. The zero-order valence-corrected chi connectivity index (χ0v) is 21.7. The van der Waals surface area contributed by atoms with Crippen LogP contribution < -0.4 is 26.6 Å². The highest BCUT2D eigenvalue weighted by atomic mass is 16.2. The second-order valence-corrected chi connectivity index (χ2v) is 10.5. The fourth-order valence-corrected chi connectivity index (χ4v) is 5.58. The molecule has 6 rings (SSSR count). The molecule has 1 saturated carbocycles. The Balaban J connectivity index is 1.26. The molecule has 38 heavy (non-hydrogen) atoms. The molecular weight excluding hydrogens is 476 g/mol. The number of likely N-dealkylation sites (tertiary alicyclic amines) is 1. The summed E-state index contributed by atoms with van der Waals surface area (Å²) in [5, 5.41) is 10.5. The van der Waals surface area contributed by atoms with Gasteiger partial charge in [0.25, 0.3) is 5.91 Å². The highest BCUT2D eigenvalue weighted by Gasteiger charge is 2.28. The normalized spacial score (nSPS) is 21.0. The molecule has 0 radical (unpaired) electrons. The topological polar surface area (TPSA) is 111 Å². The highest BCUT2D eigenvalue weighted by molar-refractivity contribution is 5.95. The fourth-order valence-electron chi connectivity index (χ4n) is 5.58. The zero-order chi connectivity index (χ0) is 25.9. The van der Waals surface area contributed by atoms with Gasteiger partial charge < -0.3 is 31.5 Å². The summed E-state index contributed by atoms with van der Waals surface area (Å²) >= 11 is 0. The first kappa shape index (κ1) is 24.5. The molecule has 0 spiro atoms. The molecule has 0 bridgehead atoms. The van der Waals surface area contributed by atoms with Crippen molar-refractivity contribution in [2.75, 3.05) is 40.6 Å². The van der Waals surface area contributed by atoms with Crippen molar-refractivity contribution < 1.29 is 4.79 Å². The van der Waals surface area contributed by atoms with Gasteiger partial charge in [0.05, 0.1) is 6.67 Å².